The number of hydrogen-bond acceptors (Lipinski definition) is 6. The van der Waals surface area contributed by atoms with Crippen molar-refractivity contribution in [2.45, 2.75) is 25.4 Å². The third-order valence-electron chi connectivity index (χ3n) is 6.48. The standard InChI is InChI=1S/C25H32N4O4/c30-24(27-23(25(31)28-32)21-9-11-26-12-10-21)22-7-5-20(6-8-22)19-3-1-18(2-4-19)17-29-13-15-33-16-14-29/h1-8,21,23,26,32H,9-17H2,(H,27,30)(H,28,31). The van der Waals surface area contributed by atoms with Crippen molar-refractivity contribution >= 4 is 11.8 Å². The molecule has 0 aliphatic carbocycles. The van der Waals surface area contributed by atoms with Crippen LogP contribution in [-0.4, -0.2) is 67.4 Å². The summed E-state index contributed by atoms with van der Waals surface area (Å²) in [5.74, 6) is -0.920. The van der Waals surface area contributed by atoms with E-state index in [4.69, 9.17) is 9.94 Å². The minimum Gasteiger partial charge on any atom is -0.379 e. The van der Waals surface area contributed by atoms with Crippen molar-refractivity contribution in [1.82, 2.24) is 21.0 Å². The van der Waals surface area contributed by atoms with Gasteiger partial charge < -0.3 is 15.4 Å². The van der Waals surface area contributed by atoms with Crippen molar-refractivity contribution in [2.24, 2.45) is 5.92 Å². The van der Waals surface area contributed by atoms with Gasteiger partial charge in [-0.1, -0.05) is 36.4 Å². The summed E-state index contributed by atoms with van der Waals surface area (Å²) in [6.45, 7) is 6.00. The van der Waals surface area contributed by atoms with E-state index in [0.29, 0.717) is 5.56 Å². The van der Waals surface area contributed by atoms with Gasteiger partial charge in [0.25, 0.3) is 11.8 Å². The molecule has 2 aromatic rings. The smallest absolute Gasteiger partial charge is 0.266 e. The van der Waals surface area contributed by atoms with Gasteiger partial charge >= 0.3 is 0 Å². The zero-order chi connectivity index (χ0) is 23.0. The van der Waals surface area contributed by atoms with E-state index in [2.05, 4.69) is 39.8 Å². The van der Waals surface area contributed by atoms with Crippen LogP contribution >= 0.6 is 0 Å². The number of rotatable bonds is 7. The molecule has 0 saturated carbocycles. The molecule has 2 aromatic carbocycles. The molecule has 0 radical (unpaired) electrons. The van der Waals surface area contributed by atoms with Crippen LogP contribution in [0.3, 0.4) is 0 Å². The Morgan fingerprint density at radius 2 is 1.61 bits per heavy atom. The highest BCUT2D eigenvalue weighted by Crippen LogP contribution is 2.22. The Kier molecular flexibility index (Phi) is 8.06. The minimum atomic E-state index is -0.761. The van der Waals surface area contributed by atoms with E-state index in [-0.39, 0.29) is 11.8 Å². The SMILES string of the molecule is O=C(NC(C(=O)NO)C1CCNCC1)c1ccc(-c2ccc(CN3CCOCC3)cc2)cc1. The second-order valence-electron chi connectivity index (χ2n) is 8.68. The number of nitrogens with one attached hydrogen (secondary N) is 3. The van der Waals surface area contributed by atoms with E-state index >= 15 is 0 Å². The first-order valence-electron chi connectivity index (χ1n) is 11.6. The molecule has 8 heteroatoms. The maximum Gasteiger partial charge on any atom is 0.266 e. The average Bonchev–Trinajstić information content (AvgIpc) is 2.88. The molecule has 176 valence electrons. The van der Waals surface area contributed by atoms with E-state index < -0.39 is 11.9 Å². The van der Waals surface area contributed by atoms with Gasteiger partial charge in [0.1, 0.15) is 6.04 Å². The quantitative estimate of drug-likeness (QED) is 0.377. The maximum absolute atomic E-state index is 12.8. The highest BCUT2D eigenvalue weighted by molar-refractivity contribution is 5.97. The second kappa shape index (κ2) is 11.4. The molecule has 1 unspecified atom stereocenters. The summed E-state index contributed by atoms with van der Waals surface area (Å²) in [5.41, 5.74) is 5.55. The summed E-state index contributed by atoms with van der Waals surface area (Å²) in [4.78, 5) is 27.4. The predicted molar refractivity (Wildman–Crippen MR) is 125 cm³/mol. The number of carbonyl (C=O) groups excluding carboxylic acids is 2. The van der Waals surface area contributed by atoms with Crippen LogP contribution in [0.15, 0.2) is 48.5 Å². The Morgan fingerprint density at radius 3 is 2.21 bits per heavy atom. The Hall–Kier alpha value is -2.78. The lowest BCUT2D eigenvalue weighted by molar-refractivity contribution is -0.132. The first-order valence-corrected chi connectivity index (χ1v) is 11.6. The van der Waals surface area contributed by atoms with Crippen molar-refractivity contribution < 1.29 is 19.5 Å². The third kappa shape index (κ3) is 6.17. The molecule has 2 aliphatic rings. The second-order valence-corrected chi connectivity index (χ2v) is 8.68. The topological polar surface area (TPSA) is 103 Å². The number of ether oxygens (including phenoxy) is 1. The van der Waals surface area contributed by atoms with Crippen molar-refractivity contribution in [3.05, 3.63) is 59.7 Å². The normalized spacial score (nSPS) is 18.5. The molecule has 4 N–H and O–H groups in total. The summed E-state index contributed by atoms with van der Waals surface area (Å²) >= 11 is 0. The molecule has 4 rings (SSSR count). The molecule has 2 fully saturated rings. The minimum absolute atomic E-state index is 0.0161. The first kappa shape index (κ1) is 23.4. The van der Waals surface area contributed by atoms with E-state index in [1.165, 1.54) is 5.56 Å². The lowest BCUT2D eigenvalue weighted by Crippen LogP contribution is -2.52. The van der Waals surface area contributed by atoms with Crippen LogP contribution in [0.1, 0.15) is 28.8 Å². The van der Waals surface area contributed by atoms with Crippen LogP contribution in [0, 0.1) is 5.92 Å². The molecule has 33 heavy (non-hydrogen) atoms. The van der Waals surface area contributed by atoms with E-state index in [1.807, 2.05) is 12.1 Å². The summed E-state index contributed by atoms with van der Waals surface area (Å²) in [6.07, 6.45) is 1.53. The fourth-order valence-electron chi connectivity index (χ4n) is 4.50. The number of nitrogens with zero attached hydrogens (tertiary/aromatic N) is 1. The van der Waals surface area contributed by atoms with Gasteiger partial charge in [-0.3, -0.25) is 19.7 Å². The Morgan fingerprint density at radius 1 is 1.00 bits per heavy atom. The van der Waals surface area contributed by atoms with Gasteiger partial charge in [-0.05, 0) is 60.7 Å². The van der Waals surface area contributed by atoms with Crippen LogP contribution in [0.4, 0.5) is 0 Å². The Labute approximate surface area is 194 Å². The van der Waals surface area contributed by atoms with Crippen LogP contribution in [0.2, 0.25) is 0 Å². The number of hydroxylamine groups is 1. The molecule has 0 bridgehead atoms. The fourth-order valence-corrected chi connectivity index (χ4v) is 4.50. The van der Waals surface area contributed by atoms with Gasteiger partial charge in [-0.25, -0.2) is 5.48 Å². The number of benzene rings is 2. The van der Waals surface area contributed by atoms with Gasteiger partial charge in [0.2, 0.25) is 0 Å². The van der Waals surface area contributed by atoms with Gasteiger partial charge in [0.15, 0.2) is 0 Å². The number of piperidine rings is 1. The zero-order valence-corrected chi connectivity index (χ0v) is 18.8. The zero-order valence-electron chi connectivity index (χ0n) is 18.8. The van der Waals surface area contributed by atoms with Crippen molar-refractivity contribution in [3.63, 3.8) is 0 Å². The maximum atomic E-state index is 12.8. The highest BCUT2D eigenvalue weighted by atomic mass is 16.5. The van der Waals surface area contributed by atoms with Crippen molar-refractivity contribution in [1.29, 1.82) is 0 Å². The van der Waals surface area contributed by atoms with Crippen LogP contribution in [0.5, 0.6) is 0 Å². The van der Waals surface area contributed by atoms with Gasteiger partial charge in [-0.2, -0.15) is 0 Å². The molecule has 2 aliphatic heterocycles. The Balaban J connectivity index is 1.38. The molecule has 8 nitrogen and oxygen atoms in total. The van der Waals surface area contributed by atoms with E-state index in [9.17, 15) is 9.59 Å². The van der Waals surface area contributed by atoms with E-state index in [0.717, 1.165) is 69.9 Å². The molecular weight excluding hydrogens is 420 g/mol. The first-order chi connectivity index (χ1) is 16.1. The molecule has 1 atom stereocenters. The monoisotopic (exact) mass is 452 g/mol. The molecule has 0 spiro atoms. The molecule has 2 saturated heterocycles. The molecular formula is C25H32N4O4. The largest absolute Gasteiger partial charge is 0.379 e. The van der Waals surface area contributed by atoms with Gasteiger partial charge in [0, 0.05) is 25.2 Å². The lowest BCUT2D eigenvalue weighted by Gasteiger charge is -2.29. The lowest BCUT2D eigenvalue weighted by atomic mass is 9.89. The van der Waals surface area contributed by atoms with Crippen LogP contribution in [-0.2, 0) is 16.1 Å². The van der Waals surface area contributed by atoms with Crippen molar-refractivity contribution in [3.8, 4) is 11.1 Å². The fraction of sp³-hybridized carbons (Fsp3) is 0.440. The van der Waals surface area contributed by atoms with Crippen LogP contribution in [0.25, 0.3) is 11.1 Å². The average molecular weight is 453 g/mol. The van der Waals surface area contributed by atoms with Gasteiger partial charge in [0.05, 0.1) is 13.2 Å². The number of morpholine rings is 1. The summed E-state index contributed by atoms with van der Waals surface area (Å²) in [7, 11) is 0. The third-order valence-corrected chi connectivity index (χ3v) is 6.48. The van der Waals surface area contributed by atoms with E-state index in [1.54, 1.807) is 17.6 Å². The number of carbonyl (C=O) groups is 2. The summed E-state index contributed by atoms with van der Waals surface area (Å²) in [5, 5.41) is 15.2. The highest BCUT2D eigenvalue weighted by Gasteiger charge is 2.31. The predicted octanol–water partition coefficient (Wildman–Crippen LogP) is 1.79. The van der Waals surface area contributed by atoms with Crippen molar-refractivity contribution in [2.75, 3.05) is 39.4 Å². The van der Waals surface area contributed by atoms with Gasteiger partial charge in [-0.15, -0.1) is 0 Å². The summed E-state index contributed by atoms with van der Waals surface area (Å²) in [6, 6.07) is 15.1. The summed E-state index contributed by atoms with van der Waals surface area (Å²) < 4.78 is 5.41. The number of hydrogen-bond donors (Lipinski definition) is 4. The molecule has 2 heterocycles. The molecule has 0 aromatic heterocycles. The molecule has 2 amide bonds. The van der Waals surface area contributed by atoms with Crippen LogP contribution < -0.4 is 16.1 Å². The Bertz CT molecular complexity index is 920. The number of amides is 2.